The van der Waals surface area contributed by atoms with Crippen molar-refractivity contribution in [3.8, 4) is 0 Å². The van der Waals surface area contributed by atoms with Gasteiger partial charge in [-0.05, 0) is 31.6 Å². The number of likely N-dealkylation sites (tertiary alicyclic amines) is 1. The zero-order valence-electron chi connectivity index (χ0n) is 11.4. The smallest absolute Gasteiger partial charge is 0.307 e. The summed E-state index contributed by atoms with van der Waals surface area (Å²) in [5.41, 5.74) is 0. The minimum Gasteiger partial charge on any atom is -0.481 e. The third-order valence-corrected chi connectivity index (χ3v) is 4.74. The lowest BCUT2D eigenvalue weighted by molar-refractivity contribution is -0.149. The molecule has 108 valence electrons. The maximum atomic E-state index is 12.5. The van der Waals surface area contributed by atoms with Crippen molar-refractivity contribution in [2.45, 2.75) is 45.1 Å². The summed E-state index contributed by atoms with van der Waals surface area (Å²) < 4.78 is 0. The van der Waals surface area contributed by atoms with Crippen molar-refractivity contribution in [1.82, 2.24) is 4.90 Å². The number of nitrogens with zero attached hydrogens (tertiary/aromatic N) is 1. The van der Waals surface area contributed by atoms with Crippen LogP contribution in [0.3, 0.4) is 0 Å². The van der Waals surface area contributed by atoms with Gasteiger partial charge in [0.15, 0.2) is 0 Å². The van der Waals surface area contributed by atoms with E-state index in [1.807, 2.05) is 6.92 Å². The van der Waals surface area contributed by atoms with Crippen LogP contribution in [0.25, 0.3) is 0 Å². The SMILES string of the molecule is CCC1CC(C(=O)O)C(C(=O)N2CCCC2CO)C1. The number of aliphatic hydroxyl groups excluding tert-OH is 1. The molecule has 2 rings (SSSR count). The minimum absolute atomic E-state index is 0.0204. The summed E-state index contributed by atoms with van der Waals surface area (Å²) in [5, 5.41) is 18.6. The molecule has 1 saturated carbocycles. The Morgan fingerprint density at radius 3 is 2.53 bits per heavy atom. The molecule has 1 aliphatic heterocycles. The highest BCUT2D eigenvalue weighted by molar-refractivity contribution is 5.85. The van der Waals surface area contributed by atoms with Gasteiger partial charge in [0.05, 0.1) is 24.5 Å². The molecule has 1 amide bonds. The number of hydrogen-bond acceptors (Lipinski definition) is 3. The van der Waals surface area contributed by atoms with Crippen molar-refractivity contribution >= 4 is 11.9 Å². The molecule has 0 spiro atoms. The zero-order chi connectivity index (χ0) is 14.0. The monoisotopic (exact) mass is 269 g/mol. The van der Waals surface area contributed by atoms with Crippen molar-refractivity contribution in [3.63, 3.8) is 0 Å². The molecule has 0 aromatic carbocycles. The Hall–Kier alpha value is -1.10. The predicted molar refractivity (Wildman–Crippen MR) is 69.5 cm³/mol. The summed E-state index contributed by atoms with van der Waals surface area (Å²) in [6.45, 7) is 2.68. The highest BCUT2D eigenvalue weighted by atomic mass is 16.4. The molecule has 0 radical (unpaired) electrons. The quantitative estimate of drug-likeness (QED) is 0.801. The van der Waals surface area contributed by atoms with Crippen LogP contribution in [0.1, 0.15) is 39.0 Å². The summed E-state index contributed by atoms with van der Waals surface area (Å²) >= 11 is 0. The van der Waals surface area contributed by atoms with Crippen molar-refractivity contribution in [2.75, 3.05) is 13.2 Å². The second-order valence-corrected chi connectivity index (χ2v) is 5.81. The number of aliphatic carboxylic acids is 1. The number of amides is 1. The normalized spacial score (nSPS) is 34.7. The summed E-state index contributed by atoms with van der Waals surface area (Å²) in [6.07, 6.45) is 3.94. The molecule has 19 heavy (non-hydrogen) atoms. The molecule has 2 N–H and O–H groups in total. The first kappa shape index (κ1) is 14.3. The number of hydrogen-bond donors (Lipinski definition) is 2. The lowest BCUT2D eigenvalue weighted by atomic mass is 9.94. The highest BCUT2D eigenvalue weighted by Gasteiger charge is 2.45. The Labute approximate surface area is 113 Å². The molecule has 0 bridgehead atoms. The molecule has 1 heterocycles. The Morgan fingerprint density at radius 2 is 1.95 bits per heavy atom. The predicted octanol–water partition coefficient (Wildman–Crippen LogP) is 1.11. The maximum absolute atomic E-state index is 12.5. The van der Waals surface area contributed by atoms with Crippen LogP contribution in [-0.2, 0) is 9.59 Å². The van der Waals surface area contributed by atoms with Crippen molar-refractivity contribution in [1.29, 1.82) is 0 Å². The molecule has 4 unspecified atom stereocenters. The number of carbonyl (C=O) groups excluding carboxylic acids is 1. The van der Waals surface area contributed by atoms with Gasteiger partial charge >= 0.3 is 5.97 Å². The lowest BCUT2D eigenvalue weighted by Crippen LogP contribution is -2.43. The van der Waals surface area contributed by atoms with Crippen LogP contribution in [0, 0.1) is 17.8 Å². The fourth-order valence-corrected chi connectivity index (χ4v) is 3.55. The molecule has 2 fully saturated rings. The molecule has 0 aromatic heterocycles. The Morgan fingerprint density at radius 1 is 1.26 bits per heavy atom. The first-order chi connectivity index (χ1) is 9.08. The Kier molecular flexibility index (Phi) is 4.45. The zero-order valence-corrected chi connectivity index (χ0v) is 11.4. The van der Waals surface area contributed by atoms with Gasteiger partial charge in [-0.1, -0.05) is 13.3 Å². The van der Waals surface area contributed by atoms with Gasteiger partial charge in [-0.15, -0.1) is 0 Å². The minimum atomic E-state index is -0.853. The van der Waals surface area contributed by atoms with E-state index >= 15 is 0 Å². The number of aliphatic hydroxyl groups is 1. The van der Waals surface area contributed by atoms with Crippen molar-refractivity contribution in [2.24, 2.45) is 17.8 Å². The van der Waals surface area contributed by atoms with Gasteiger partial charge in [-0.2, -0.15) is 0 Å². The topological polar surface area (TPSA) is 77.8 Å². The highest BCUT2D eigenvalue weighted by Crippen LogP contribution is 2.40. The summed E-state index contributed by atoms with van der Waals surface area (Å²) in [5.74, 6) is -1.51. The fourth-order valence-electron chi connectivity index (χ4n) is 3.55. The van der Waals surface area contributed by atoms with Crippen LogP contribution in [0.4, 0.5) is 0 Å². The molecule has 1 saturated heterocycles. The number of carbonyl (C=O) groups is 2. The molecule has 2 aliphatic rings. The fraction of sp³-hybridized carbons (Fsp3) is 0.857. The van der Waals surface area contributed by atoms with Crippen LogP contribution >= 0.6 is 0 Å². The largest absolute Gasteiger partial charge is 0.481 e. The van der Waals surface area contributed by atoms with Gasteiger partial charge in [0.2, 0.25) is 5.91 Å². The van der Waals surface area contributed by atoms with E-state index < -0.39 is 17.8 Å². The van der Waals surface area contributed by atoms with E-state index in [2.05, 4.69) is 0 Å². The molecule has 1 aliphatic carbocycles. The van der Waals surface area contributed by atoms with E-state index in [-0.39, 0.29) is 18.6 Å². The first-order valence-electron chi connectivity index (χ1n) is 7.22. The van der Waals surface area contributed by atoms with Crippen molar-refractivity contribution < 1.29 is 19.8 Å². The number of carboxylic acids is 1. The van der Waals surface area contributed by atoms with E-state index in [0.717, 1.165) is 19.3 Å². The average molecular weight is 269 g/mol. The standard InChI is InChI=1S/C14H23NO4/c1-2-9-6-11(12(7-9)14(18)19)13(17)15-5-3-4-10(15)8-16/h9-12,16H,2-8H2,1H3,(H,18,19). The lowest BCUT2D eigenvalue weighted by Gasteiger charge is -2.27. The third-order valence-electron chi connectivity index (χ3n) is 4.74. The van der Waals surface area contributed by atoms with E-state index in [4.69, 9.17) is 0 Å². The summed E-state index contributed by atoms with van der Waals surface area (Å²) in [7, 11) is 0. The summed E-state index contributed by atoms with van der Waals surface area (Å²) in [4.78, 5) is 25.6. The van der Waals surface area contributed by atoms with Crippen LogP contribution in [0.5, 0.6) is 0 Å². The molecule has 5 nitrogen and oxygen atoms in total. The van der Waals surface area contributed by atoms with Gasteiger partial charge in [-0.25, -0.2) is 0 Å². The van der Waals surface area contributed by atoms with Gasteiger partial charge in [0, 0.05) is 6.54 Å². The van der Waals surface area contributed by atoms with E-state index in [1.165, 1.54) is 0 Å². The second kappa shape index (κ2) is 5.90. The van der Waals surface area contributed by atoms with Gasteiger partial charge in [0.1, 0.15) is 0 Å². The second-order valence-electron chi connectivity index (χ2n) is 5.81. The van der Waals surface area contributed by atoms with Gasteiger partial charge < -0.3 is 15.1 Å². The van der Waals surface area contributed by atoms with Crippen LogP contribution in [0.15, 0.2) is 0 Å². The third kappa shape index (κ3) is 2.76. The van der Waals surface area contributed by atoms with Gasteiger partial charge in [0.25, 0.3) is 0 Å². The Balaban J connectivity index is 2.10. The van der Waals surface area contributed by atoms with E-state index in [0.29, 0.717) is 25.3 Å². The van der Waals surface area contributed by atoms with Crippen LogP contribution in [0.2, 0.25) is 0 Å². The molecular formula is C14H23NO4. The van der Waals surface area contributed by atoms with Crippen molar-refractivity contribution in [3.05, 3.63) is 0 Å². The van der Waals surface area contributed by atoms with Gasteiger partial charge in [-0.3, -0.25) is 9.59 Å². The number of carboxylic acid groups (broad SMARTS) is 1. The summed E-state index contributed by atoms with van der Waals surface area (Å²) in [6, 6.07) is -0.109. The molecule has 0 aromatic rings. The molecule has 5 heteroatoms. The molecule has 4 atom stereocenters. The average Bonchev–Trinajstić information content (AvgIpc) is 3.03. The molecular weight excluding hydrogens is 246 g/mol. The van der Waals surface area contributed by atoms with Crippen LogP contribution < -0.4 is 0 Å². The van der Waals surface area contributed by atoms with E-state index in [9.17, 15) is 19.8 Å². The van der Waals surface area contributed by atoms with Crippen LogP contribution in [-0.4, -0.2) is 46.2 Å². The maximum Gasteiger partial charge on any atom is 0.307 e. The first-order valence-corrected chi connectivity index (χ1v) is 7.22. The number of rotatable bonds is 4. The Bertz CT molecular complexity index is 357. The van der Waals surface area contributed by atoms with E-state index in [1.54, 1.807) is 4.90 Å².